The summed E-state index contributed by atoms with van der Waals surface area (Å²) in [5, 5.41) is 0.720. The maximum absolute atomic E-state index is 12.8. The summed E-state index contributed by atoms with van der Waals surface area (Å²) < 4.78 is 11.3. The number of amides is 1. The highest BCUT2D eigenvalue weighted by Gasteiger charge is 2.28. The predicted molar refractivity (Wildman–Crippen MR) is 116 cm³/mol. The standard InChI is InChI=1S/C24H25ClN2O3/c1-29-21-6-2-4-18(13-21)14-23(28)27-11-3-5-19(16-27)24-26-15-22(30-24)12-17-7-9-20(25)10-8-17/h2,4,6-10,13,15,19H,3,5,11-12,14,16H2,1H3/t19-/m1/s1. The molecule has 0 saturated carbocycles. The third-order valence-electron chi connectivity index (χ3n) is 5.48. The number of carbonyl (C=O) groups is 1. The Morgan fingerprint density at radius 1 is 1.23 bits per heavy atom. The number of benzene rings is 2. The molecular formula is C24H25ClN2O3. The van der Waals surface area contributed by atoms with E-state index in [1.54, 1.807) is 13.3 Å². The molecule has 1 amide bonds. The van der Waals surface area contributed by atoms with Gasteiger partial charge in [0.15, 0.2) is 5.89 Å². The van der Waals surface area contributed by atoms with Gasteiger partial charge in [-0.1, -0.05) is 35.9 Å². The Labute approximate surface area is 181 Å². The number of nitrogens with zero attached hydrogens (tertiary/aromatic N) is 2. The highest BCUT2D eigenvalue weighted by molar-refractivity contribution is 6.30. The minimum atomic E-state index is 0.126. The van der Waals surface area contributed by atoms with E-state index in [9.17, 15) is 4.79 Å². The SMILES string of the molecule is COc1cccc(CC(=O)N2CCC[C@@H](c3ncc(Cc4ccc(Cl)cc4)o3)C2)c1. The van der Waals surface area contributed by atoms with E-state index in [2.05, 4.69) is 4.98 Å². The van der Waals surface area contributed by atoms with Crippen molar-refractivity contribution in [1.82, 2.24) is 9.88 Å². The van der Waals surface area contributed by atoms with Gasteiger partial charge in [0, 0.05) is 24.5 Å². The molecular weight excluding hydrogens is 400 g/mol. The van der Waals surface area contributed by atoms with E-state index in [-0.39, 0.29) is 11.8 Å². The Balaban J connectivity index is 1.38. The van der Waals surface area contributed by atoms with E-state index >= 15 is 0 Å². The van der Waals surface area contributed by atoms with E-state index in [4.69, 9.17) is 20.8 Å². The van der Waals surface area contributed by atoms with Gasteiger partial charge in [-0.3, -0.25) is 4.79 Å². The van der Waals surface area contributed by atoms with E-state index in [1.807, 2.05) is 53.4 Å². The van der Waals surface area contributed by atoms with Crippen LogP contribution in [0.15, 0.2) is 59.1 Å². The molecule has 2 aromatic carbocycles. The maximum atomic E-state index is 12.8. The number of oxazole rings is 1. The molecule has 1 atom stereocenters. The van der Waals surface area contributed by atoms with Gasteiger partial charge in [-0.15, -0.1) is 0 Å². The molecule has 0 N–H and O–H groups in total. The Hall–Kier alpha value is -2.79. The lowest BCUT2D eigenvalue weighted by Crippen LogP contribution is -2.40. The third kappa shape index (κ3) is 5.03. The quantitative estimate of drug-likeness (QED) is 0.566. The normalized spacial score (nSPS) is 16.5. The van der Waals surface area contributed by atoms with E-state index < -0.39 is 0 Å². The first kappa shape index (κ1) is 20.5. The minimum Gasteiger partial charge on any atom is -0.497 e. The zero-order valence-electron chi connectivity index (χ0n) is 17.0. The van der Waals surface area contributed by atoms with Crippen molar-refractivity contribution in [3.63, 3.8) is 0 Å². The van der Waals surface area contributed by atoms with Crippen LogP contribution in [0.25, 0.3) is 0 Å². The molecule has 5 nitrogen and oxygen atoms in total. The second-order valence-corrected chi connectivity index (χ2v) is 8.11. The smallest absolute Gasteiger partial charge is 0.227 e. The number of aromatic nitrogens is 1. The second-order valence-electron chi connectivity index (χ2n) is 7.68. The lowest BCUT2D eigenvalue weighted by molar-refractivity contribution is -0.131. The second kappa shape index (κ2) is 9.35. The molecule has 1 aromatic heterocycles. The summed E-state index contributed by atoms with van der Waals surface area (Å²) in [4.78, 5) is 19.3. The average molecular weight is 425 g/mol. The van der Waals surface area contributed by atoms with Crippen molar-refractivity contribution in [3.8, 4) is 5.75 Å². The number of ether oxygens (including phenoxy) is 1. The average Bonchev–Trinajstić information content (AvgIpc) is 3.24. The number of hydrogen-bond donors (Lipinski definition) is 0. The summed E-state index contributed by atoms with van der Waals surface area (Å²) in [5.41, 5.74) is 2.09. The zero-order valence-corrected chi connectivity index (χ0v) is 17.8. The molecule has 1 fully saturated rings. The fourth-order valence-electron chi connectivity index (χ4n) is 3.87. The summed E-state index contributed by atoms with van der Waals surface area (Å²) in [6.07, 6.45) is 4.76. The first-order chi connectivity index (χ1) is 14.6. The minimum absolute atomic E-state index is 0.126. The van der Waals surface area contributed by atoms with Crippen molar-refractivity contribution >= 4 is 17.5 Å². The van der Waals surface area contributed by atoms with Crippen LogP contribution < -0.4 is 4.74 Å². The van der Waals surface area contributed by atoms with Crippen molar-refractivity contribution in [2.24, 2.45) is 0 Å². The Morgan fingerprint density at radius 3 is 2.87 bits per heavy atom. The zero-order chi connectivity index (χ0) is 20.9. The van der Waals surface area contributed by atoms with Gasteiger partial charge in [0.1, 0.15) is 11.5 Å². The summed E-state index contributed by atoms with van der Waals surface area (Å²) in [5.74, 6) is 2.57. The summed E-state index contributed by atoms with van der Waals surface area (Å²) >= 11 is 5.95. The van der Waals surface area contributed by atoms with Crippen molar-refractivity contribution < 1.29 is 13.9 Å². The number of methoxy groups -OCH3 is 1. The number of carbonyl (C=O) groups excluding carboxylic acids is 1. The van der Waals surface area contributed by atoms with Crippen LogP contribution >= 0.6 is 11.6 Å². The molecule has 1 aliphatic heterocycles. The van der Waals surface area contributed by atoms with Gasteiger partial charge in [-0.2, -0.15) is 0 Å². The first-order valence-electron chi connectivity index (χ1n) is 10.2. The molecule has 156 valence electrons. The molecule has 0 radical (unpaired) electrons. The molecule has 1 saturated heterocycles. The van der Waals surface area contributed by atoms with E-state index in [0.717, 1.165) is 52.9 Å². The van der Waals surface area contributed by atoms with Crippen molar-refractivity contribution in [3.05, 3.63) is 82.5 Å². The van der Waals surface area contributed by atoms with Gasteiger partial charge in [-0.25, -0.2) is 4.98 Å². The molecule has 0 aliphatic carbocycles. The molecule has 4 rings (SSSR count). The summed E-state index contributed by atoms with van der Waals surface area (Å²) in [6.45, 7) is 1.42. The molecule has 0 spiro atoms. The monoisotopic (exact) mass is 424 g/mol. The van der Waals surface area contributed by atoms with E-state index in [1.165, 1.54) is 0 Å². The largest absolute Gasteiger partial charge is 0.497 e. The highest BCUT2D eigenvalue weighted by atomic mass is 35.5. The molecule has 0 unspecified atom stereocenters. The van der Waals surface area contributed by atoms with Crippen LogP contribution in [0, 0.1) is 0 Å². The third-order valence-corrected chi connectivity index (χ3v) is 5.73. The Kier molecular flexibility index (Phi) is 6.38. The van der Waals surface area contributed by atoms with Crippen molar-refractivity contribution in [1.29, 1.82) is 0 Å². The number of likely N-dealkylation sites (tertiary alicyclic amines) is 1. The molecule has 0 bridgehead atoms. The van der Waals surface area contributed by atoms with Gasteiger partial charge in [0.05, 0.1) is 25.6 Å². The fraction of sp³-hybridized carbons (Fsp3) is 0.333. The predicted octanol–water partition coefficient (Wildman–Crippen LogP) is 4.88. The topological polar surface area (TPSA) is 55.6 Å². The molecule has 1 aliphatic rings. The first-order valence-corrected chi connectivity index (χ1v) is 10.6. The lowest BCUT2D eigenvalue weighted by Gasteiger charge is -2.31. The Morgan fingerprint density at radius 2 is 2.07 bits per heavy atom. The summed E-state index contributed by atoms with van der Waals surface area (Å²) in [7, 11) is 1.63. The van der Waals surface area contributed by atoms with Crippen LogP contribution in [0.4, 0.5) is 0 Å². The van der Waals surface area contributed by atoms with Crippen LogP contribution in [0.3, 0.4) is 0 Å². The molecule has 6 heteroatoms. The molecule has 3 aromatic rings. The summed E-state index contributed by atoms with van der Waals surface area (Å²) in [6, 6.07) is 15.4. The highest BCUT2D eigenvalue weighted by Crippen LogP contribution is 2.28. The number of rotatable bonds is 6. The Bertz CT molecular complexity index is 1000. The van der Waals surface area contributed by atoms with Gasteiger partial charge >= 0.3 is 0 Å². The van der Waals surface area contributed by atoms with Gasteiger partial charge < -0.3 is 14.1 Å². The van der Waals surface area contributed by atoms with Crippen LogP contribution in [0.2, 0.25) is 5.02 Å². The van der Waals surface area contributed by atoms with Crippen LogP contribution in [-0.4, -0.2) is 36.0 Å². The maximum Gasteiger partial charge on any atom is 0.227 e. The van der Waals surface area contributed by atoms with Crippen molar-refractivity contribution in [2.75, 3.05) is 20.2 Å². The van der Waals surface area contributed by atoms with Gasteiger partial charge in [-0.05, 0) is 48.2 Å². The van der Waals surface area contributed by atoms with E-state index in [0.29, 0.717) is 19.4 Å². The van der Waals surface area contributed by atoms with Gasteiger partial charge in [0.25, 0.3) is 0 Å². The number of hydrogen-bond acceptors (Lipinski definition) is 4. The van der Waals surface area contributed by atoms with Crippen LogP contribution in [0.1, 0.15) is 41.5 Å². The lowest BCUT2D eigenvalue weighted by atomic mass is 9.97. The van der Waals surface area contributed by atoms with Gasteiger partial charge in [0.2, 0.25) is 5.91 Å². The fourth-order valence-corrected chi connectivity index (χ4v) is 4.00. The molecule has 30 heavy (non-hydrogen) atoms. The van der Waals surface area contributed by atoms with Crippen molar-refractivity contribution in [2.45, 2.75) is 31.6 Å². The number of halogens is 1. The number of piperidine rings is 1. The molecule has 2 heterocycles. The van der Waals surface area contributed by atoms with Crippen LogP contribution in [-0.2, 0) is 17.6 Å². The van der Waals surface area contributed by atoms with Crippen LogP contribution in [0.5, 0.6) is 5.75 Å².